The van der Waals surface area contributed by atoms with Crippen LogP contribution in [0.15, 0.2) is 0 Å². The highest BCUT2D eigenvalue weighted by Gasteiger charge is 2.43. The van der Waals surface area contributed by atoms with Crippen molar-refractivity contribution in [2.24, 2.45) is 5.92 Å². The molecule has 1 N–H and O–H groups in total. The molecule has 2 saturated heterocycles. The van der Waals surface area contributed by atoms with E-state index in [-0.39, 0.29) is 5.54 Å². The predicted molar refractivity (Wildman–Crippen MR) is 62.5 cm³/mol. The van der Waals surface area contributed by atoms with E-state index in [1.807, 2.05) is 0 Å². The van der Waals surface area contributed by atoms with Gasteiger partial charge in [0.05, 0.1) is 25.4 Å². The normalized spacial score (nSPS) is 48.9. The molecule has 3 fully saturated rings. The van der Waals surface area contributed by atoms with Crippen LogP contribution in [0.3, 0.4) is 0 Å². The van der Waals surface area contributed by atoms with Gasteiger partial charge in [-0.1, -0.05) is 6.92 Å². The summed E-state index contributed by atoms with van der Waals surface area (Å²) in [5.74, 6) is 0.896. The van der Waals surface area contributed by atoms with Crippen molar-refractivity contribution in [2.75, 3.05) is 19.8 Å². The van der Waals surface area contributed by atoms with E-state index in [9.17, 15) is 0 Å². The zero-order chi connectivity index (χ0) is 11.0. The van der Waals surface area contributed by atoms with Crippen LogP contribution in [0, 0.1) is 5.92 Å². The summed E-state index contributed by atoms with van der Waals surface area (Å²) in [5.41, 5.74) is 0.272. The second-order valence-corrected chi connectivity index (χ2v) is 5.93. The van der Waals surface area contributed by atoms with E-state index in [1.54, 1.807) is 0 Å². The fourth-order valence-electron chi connectivity index (χ4n) is 3.36. The lowest BCUT2D eigenvalue weighted by Crippen LogP contribution is -2.65. The van der Waals surface area contributed by atoms with Gasteiger partial charge in [0.15, 0.2) is 0 Å². The summed E-state index contributed by atoms with van der Waals surface area (Å²) in [4.78, 5) is 0. The summed E-state index contributed by atoms with van der Waals surface area (Å²) < 4.78 is 11.6. The number of hydrogen-bond donors (Lipinski definition) is 1. The number of morpholine rings is 1. The molecule has 16 heavy (non-hydrogen) atoms. The van der Waals surface area contributed by atoms with Gasteiger partial charge in [0.2, 0.25) is 0 Å². The van der Waals surface area contributed by atoms with Gasteiger partial charge < -0.3 is 14.8 Å². The standard InChI is InChI=1S/C13H23NO2/c1-10-2-5-13(6-3-10)9-16-12-4-7-15-8-11(12)14-13/h10-12,14H,2-9H2,1H3. The van der Waals surface area contributed by atoms with E-state index >= 15 is 0 Å². The molecule has 3 nitrogen and oxygen atoms in total. The van der Waals surface area contributed by atoms with Crippen molar-refractivity contribution in [1.29, 1.82) is 0 Å². The molecule has 1 saturated carbocycles. The Kier molecular flexibility index (Phi) is 2.94. The molecule has 2 aliphatic heterocycles. The average molecular weight is 225 g/mol. The zero-order valence-electron chi connectivity index (χ0n) is 10.2. The van der Waals surface area contributed by atoms with E-state index in [2.05, 4.69) is 12.2 Å². The molecular formula is C13H23NO2. The molecule has 2 unspecified atom stereocenters. The minimum atomic E-state index is 0.272. The smallest absolute Gasteiger partial charge is 0.0773 e. The lowest BCUT2D eigenvalue weighted by molar-refractivity contribution is -0.125. The maximum absolute atomic E-state index is 6.07. The molecule has 2 atom stereocenters. The molecule has 3 heteroatoms. The van der Waals surface area contributed by atoms with Gasteiger partial charge in [-0.15, -0.1) is 0 Å². The number of ether oxygens (including phenoxy) is 2. The lowest BCUT2D eigenvalue weighted by atomic mass is 9.76. The minimum Gasteiger partial charge on any atom is -0.380 e. The maximum atomic E-state index is 6.07. The monoisotopic (exact) mass is 225 g/mol. The van der Waals surface area contributed by atoms with E-state index in [1.165, 1.54) is 25.7 Å². The third-order valence-electron chi connectivity index (χ3n) is 4.59. The highest BCUT2D eigenvalue weighted by molar-refractivity contribution is 5.00. The van der Waals surface area contributed by atoms with Crippen LogP contribution in [0.4, 0.5) is 0 Å². The highest BCUT2D eigenvalue weighted by atomic mass is 16.5. The second-order valence-electron chi connectivity index (χ2n) is 5.93. The van der Waals surface area contributed by atoms with Crippen LogP contribution in [0.25, 0.3) is 0 Å². The summed E-state index contributed by atoms with van der Waals surface area (Å²) in [5, 5.41) is 3.84. The van der Waals surface area contributed by atoms with E-state index in [0.29, 0.717) is 12.1 Å². The first-order valence-electron chi connectivity index (χ1n) is 6.74. The molecule has 3 rings (SSSR count). The molecular weight excluding hydrogens is 202 g/mol. The molecule has 1 aliphatic carbocycles. The van der Waals surface area contributed by atoms with Crippen molar-refractivity contribution in [3.8, 4) is 0 Å². The van der Waals surface area contributed by atoms with Crippen LogP contribution in [0.2, 0.25) is 0 Å². The van der Waals surface area contributed by atoms with Crippen LogP contribution in [0.5, 0.6) is 0 Å². The minimum absolute atomic E-state index is 0.272. The van der Waals surface area contributed by atoms with E-state index in [4.69, 9.17) is 9.47 Å². The Morgan fingerprint density at radius 2 is 2.00 bits per heavy atom. The van der Waals surface area contributed by atoms with Crippen LogP contribution >= 0.6 is 0 Å². The van der Waals surface area contributed by atoms with Crippen LogP contribution in [-0.4, -0.2) is 37.5 Å². The molecule has 0 aromatic heterocycles. The van der Waals surface area contributed by atoms with Gasteiger partial charge in [-0.3, -0.25) is 0 Å². The summed E-state index contributed by atoms with van der Waals surface area (Å²) in [6.07, 6.45) is 6.70. The topological polar surface area (TPSA) is 30.5 Å². The Bertz CT molecular complexity index is 248. The van der Waals surface area contributed by atoms with Gasteiger partial charge in [-0.2, -0.15) is 0 Å². The highest BCUT2D eigenvalue weighted by Crippen LogP contribution is 2.36. The average Bonchev–Trinajstić information content (AvgIpc) is 2.33. The Hall–Kier alpha value is -0.120. The second kappa shape index (κ2) is 4.28. The summed E-state index contributed by atoms with van der Waals surface area (Å²) in [7, 11) is 0. The molecule has 2 heterocycles. The van der Waals surface area contributed by atoms with Gasteiger partial charge >= 0.3 is 0 Å². The molecule has 0 radical (unpaired) electrons. The first kappa shape index (κ1) is 11.0. The lowest BCUT2D eigenvalue weighted by Gasteiger charge is -2.50. The Morgan fingerprint density at radius 3 is 2.81 bits per heavy atom. The van der Waals surface area contributed by atoms with Gasteiger partial charge in [0.25, 0.3) is 0 Å². The molecule has 92 valence electrons. The fraction of sp³-hybridized carbons (Fsp3) is 1.00. The molecule has 1 spiro atoms. The van der Waals surface area contributed by atoms with Gasteiger partial charge in [0, 0.05) is 12.1 Å². The summed E-state index contributed by atoms with van der Waals surface area (Å²) in [6.45, 7) is 4.98. The third kappa shape index (κ3) is 2.01. The summed E-state index contributed by atoms with van der Waals surface area (Å²) in [6, 6.07) is 0.441. The molecule has 0 bridgehead atoms. The maximum Gasteiger partial charge on any atom is 0.0773 e. The van der Waals surface area contributed by atoms with Gasteiger partial charge in [-0.05, 0) is 38.0 Å². The summed E-state index contributed by atoms with van der Waals surface area (Å²) >= 11 is 0. The third-order valence-corrected chi connectivity index (χ3v) is 4.59. The van der Waals surface area contributed by atoms with Crippen molar-refractivity contribution in [3.05, 3.63) is 0 Å². The molecule has 0 aromatic carbocycles. The SMILES string of the molecule is CC1CCC2(CC1)COC1CCOCC1N2. The van der Waals surface area contributed by atoms with Gasteiger partial charge in [-0.25, -0.2) is 0 Å². The number of fused-ring (bicyclic) bond motifs is 1. The van der Waals surface area contributed by atoms with E-state index in [0.717, 1.165) is 32.2 Å². The largest absolute Gasteiger partial charge is 0.380 e. The zero-order valence-corrected chi connectivity index (χ0v) is 10.2. The first-order valence-corrected chi connectivity index (χ1v) is 6.74. The predicted octanol–water partition coefficient (Wildman–Crippen LogP) is 1.71. The molecule has 3 aliphatic rings. The van der Waals surface area contributed by atoms with Crippen molar-refractivity contribution in [1.82, 2.24) is 5.32 Å². The Labute approximate surface area is 97.9 Å². The molecule has 0 amide bonds. The Morgan fingerprint density at radius 1 is 1.19 bits per heavy atom. The number of hydrogen-bond acceptors (Lipinski definition) is 3. The fourth-order valence-corrected chi connectivity index (χ4v) is 3.36. The number of nitrogens with one attached hydrogen (secondary N) is 1. The van der Waals surface area contributed by atoms with Crippen LogP contribution in [-0.2, 0) is 9.47 Å². The van der Waals surface area contributed by atoms with Crippen molar-refractivity contribution < 1.29 is 9.47 Å². The quantitative estimate of drug-likeness (QED) is 0.681. The Balaban J connectivity index is 1.65. The number of rotatable bonds is 0. The van der Waals surface area contributed by atoms with Crippen molar-refractivity contribution in [2.45, 2.75) is 56.7 Å². The van der Waals surface area contributed by atoms with Gasteiger partial charge in [0.1, 0.15) is 0 Å². The van der Waals surface area contributed by atoms with E-state index < -0.39 is 0 Å². The molecule has 0 aromatic rings. The van der Waals surface area contributed by atoms with Crippen molar-refractivity contribution >= 4 is 0 Å². The van der Waals surface area contributed by atoms with Crippen LogP contribution < -0.4 is 5.32 Å². The first-order chi connectivity index (χ1) is 7.77. The van der Waals surface area contributed by atoms with Crippen LogP contribution in [0.1, 0.15) is 39.0 Å². The van der Waals surface area contributed by atoms with Crippen molar-refractivity contribution in [3.63, 3.8) is 0 Å².